The smallest absolute Gasteiger partial charge is 0.231 e. The van der Waals surface area contributed by atoms with Crippen LogP contribution in [0.3, 0.4) is 0 Å². The molecule has 3 aromatic rings. The van der Waals surface area contributed by atoms with Crippen molar-refractivity contribution in [3.05, 3.63) is 52.8 Å². The Labute approximate surface area is 174 Å². The van der Waals surface area contributed by atoms with Crippen molar-refractivity contribution in [3.63, 3.8) is 0 Å². The number of ether oxygens (including phenoxy) is 2. The first kappa shape index (κ1) is 19.7. The Morgan fingerprint density at radius 1 is 1.07 bits per heavy atom. The van der Waals surface area contributed by atoms with E-state index in [2.05, 4.69) is 25.9 Å². The molecule has 9 nitrogen and oxygen atoms in total. The van der Waals surface area contributed by atoms with Gasteiger partial charge >= 0.3 is 0 Å². The number of nitrogens with zero attached hydrogens (tertiary/aromatic N) is 4. The highest BCUT2D eigenvalue weighted by molar-refractivity contribution is 5.78. The fourth-order valence-electron chi connectivity index (χ4n) is 3.17. The second kappa shape index (κ2) is 8.40. The van der Waals surface area contributed by atoms with Gasteiger partial charge in [-0.15, -0.1) is 10.2 Å². The van der Waals surface area contributed by atoms with Crippen LogP contribution in [0.1, 0.15) is 22.5 Å². The fourth-order valence-corrected chi connectivity index (χ4v) is 3.17. The molecule has 30 heavy (non-hydrogen) atoms. The maximum atomic E-state index is 12.1. The number of amides is 1. The summed E-state index contributed by atoms with van der Waals surface area (Å²) in [6.07, 6.45) is 0.285. The third kappa shape index (κ3) is 4.19. The number of benzene rings is 1. The molecule has 0 saturated heterocycles. The van der Waals surface area contributed by atoms with Crippen molar-refractivity contribution < 1.29 is 14.3 Å². The summed E-state index contributed by atoms with van der Waals surface area (Å²) < 4.78 is 12.4. The summed E-state index contributed by atoms with van der Waals surface area (Å²) in [6.45, 7) is 7.27. The lowest BCUT2D eigenvalue weighted by Gasteiger charge is -2.08. The molecule has 0 spiro atoms. The second-order valence-electron chi connectivity index (χ2n) is 7.13. The lowest BCUT2D eigenvalue weighted by atomic mass is 10.1. The Hall–Kier alpha value is -3.62. The second-order valence-corrected chi connectivity index (χ2v) is 7.13. The first-order valence-electron chi connectivity index (χ1n) is 9.77. The molecule has 0 radical (unpaired) electrons. The van der Waals surface area contributed by atoms with Crippen molar-refractivity contribution >= 4 is 11.7 Å². The number of rotatable bonds is 7. The van der Waals surface area contributed by atoms with Crippen LogP contribution in [0, 0.1) is 20.8 Å². The summed E-state index contributed by atoms with van der Waals surface area (Å²) in [5, 5.41) is 19.0. The number of aryl methyl sites for hydroxylation is 1. The maximum Gasteiger partial charge on any atom is 0.231 e. The molecule has 0 saturated carbocycles. The molecule has 1 aliphatic rings. The van der Waals surface area contributed by atoms with Crippen molar-refractivity contribution in [1.82, 2.24) is 25.3 Å². The Balaban J connectivity index is 1.23. The maximum absolute atomic E-state index is 12.1. The normalized spacial score (nSPS) is 12.1. The minimum Gasteiger partial charge on any atom is -0.454 e. The minimum atomic E-state index is -0.0583. The first-order valence-corrected chi connectivity index (χ1v) is 9.77. The van der Waals surface area contributed by atoms with Crippen LogP contribution in [-0.2, 0) is 11.2 Å². The molecule has 0 unspecified atom stereocenters. The third-order valence-corrected chi connectivity index (χ3v) is 5.08. The number of hydrogen-bond donors (Lipinski definition) is 2. The molecule has 156 valence electrons. The van der Waals surface area contributed by atoms with Crippen LogP contribution in [0.15, 0.2) is 30.3 Å². The topological polar surface area (TPSA) is 103 Å². The van der Waals surface area contributed by atoms with Gasteiger partial charge in [0.2, 0.25) is 12.7 Å². The summed E-state index contributed by atoms with van der Waals surface area (Å²) in [7, 11) is 0. The molecule has 1 amide bonds. The van der Waals surface area contributed by atoms with Gasteiger partial charge < -0.3 is 20.1 Å². The average Bonchev–Trinajstić information content (AvgIpc) is 3.31. The number of fused-ring (bicyclic) bond motifs is 1. The molecular formula is C21H24N6O3. The Bertz CT molecular complexity index is 1060. The zero-order valence-electron chi connectivity index (χ0n) is 17.2. The van der Waals surface area contributed by atoms with Gasteiger partial charge in [0.05, 0.1) is 12.1 Å². The Morgan fingerprint density at radius 3 is 2.63 bits per heavy atom. The summed E-state index contributed by atoms with van der Waals surface area (Å²) in [6, 6.07) is 9.24. The molecule has 2 aromatic heterocycles. The number of nitrogens with one attached hydrogen (secondary N) is 2. The summed E-state index contributed by atoms with van der Waals surface area (Å²) in [5.74, 6) is 2.65. The molecule has 1 aromatic carbocycles. The number of hydrogen-bond acceptors (Lipinski definition) is 7. The number of carbonyl (C=O) groups excluding carboxylic acids is 1. The minimum absolute atomic E-state index is 0.0583. The molecule has 0 fully saturated rings. The van der Waals surface area contributed by atoms with Crippen LogP contribution in [0.25, 0.3) is 5.82 Å². The van der Waals surface area contributed by atoms with E-state index in [4.69, 9.17) is 9.47 Å². The predicted octanol–water partition coefficient (Wildman–Crippen LogP) is 2.09. The standard InChI is InChI=1S/C21H24N6O3/c1-13-14(2)26-27(15(13)3)20-7-6-19(24-25-20)22-8-9-23-21(28)11-16-4-5-17-18(10-16)30-12-29-17/h4-7,10H,8-9,11-12H2,1-3H3,(H,22,24)(H,23,28). The van der Waals surface area contributed by atoms with Crippen LogP contribution < -0.4 is 20.1 Å². The van der Waals surface area contributed by atoms with E-state index in [0.717, 1.165) is 22.5 Å². The van der Waals surface area contributed by atoms with Crippen molar-refractivity contribution in [3.8, 4) is 17.3 Å². The molecule has 3 heterocycles. The molecule has 0 atom stereocenters. The molecule has 9 heteroatoms. The molecule has 1 aliphatic heterocycles. The van der Waals surface area contributed by atoms with E-state index in [1.54, 1.807) is 4.68 Å². The number of aromatic nitrogens is 4. The zero-order valence-corrected chi connectivity index (χ0v) is 17.2. The van der Waals surface area contributed by atoms with E-state index in [-0.39, 0.29) is 19.1 Å². The zero-order chi connectivity index (χ0) is 21.1. The summed E-state index contributed by atoms with van der Waals surface area (Å²) in [4.78, 5) is 12.1. The predicted molar refractivity (Wildman–Crippen MR) is 111 cm³/mol. The van der Waals surface area contributed by atoms with Crippen LogP contribution >= 0.6 is 0 Å². The van der Waals surface area contributed by atoms with E-state index in [1.165, 1.54) is 0 Å². The van der Waals surface area contributed by atoms with Gasteiger partial charge in [0.25, 0.3) is 0 Å². The lowest BCUT2D eigenvalue weighted by Crippen LogP contribution is -2.30. The SMILES string of the molecule is Cc1nn(-c2ccc(NCCNC(=O)Cc3ccc4c(c3)OCO4)nn2)c(C)c1C. The van der Waals surface area contributed by atoms with Gasteiger partial charge in [0.15, 0.2) is 17.3 Å². The van der Waals surface area contributed by atoms with E-state index in [1.807, 2.05) is 51.1 Å². The summed E-state index contributed by atoms with van der Waals surface area (Å²) in [5.41, 5.74) is 4.06. The van der Waals surface area contributed by atoms with Crippen molar-refractivity contribution in [1.29, 1.82) is 0 Å². The Kier molecular flexibility index (Phi) is 5.51. The fraction of sp³-hybridized carbons (Fsp3) is 0.333. The van der Waals surface area contributed by atoms with Crippen molar-refractivity contribution in [2.45, 2.75) is 27.2 Å². The molecule has 0 aliphatic carbocycles. The quantitative estimate of drug-likeness (QED) is 0.577. The van der Waals surface area contributed by atoms with Crippen molar-refractivity contribution in [2.24, 2.45) is 0 Å². The molecular weight excluding hydrogens is 384 g/mol. The average molecular weight is 408 g/mol. The largest absolute Gasteiger partial charge is 0.454 e. The lowest BCUT2D eigenvalue weighted by molar-refractivity contribution is -0.120. The highest BCUT2D eigenvalue weighted by Gasteiger charge is 2.14. The third-order valence-electron chi connectivity index (χ3n) is 5.08. The van der Waals surface area contributed by atoms with E-state index in [9.17, 15) is 4.79 Å². The van der Waals surface area contributed by atoms with Gasteiger partial charge in [0, 0.05) is 18.8 Å². The van der Waals surface area contributed by atoms with Crippen LogP contribution in [0.4, 0.5) is 5.82 Å². The summed E-state index contributed by atoms with van der Waals surface area (Å²) >= 11 is 0. The van der Waals surface area contributed by atoms with E-state index >= 15 is 0 Å². The number of anilines is 1. The highest BCUT2D eigenvalue weighted by Crippen LogP contribution is 2.32. The molecule has 2 N–H and O–H groups in total. The first-order chi connectivity index (χ1) is 14.5. The van der Waals surface area contributed by atoms with Gasteiger partial charge in [-0.1, -0.05) is 6.07 Å². The van der Waals surface area contributed by atoms with Crippen LogP contribution in [0.2, 0.25) is 0 Å². The van der Waals surface area contributed by atoms with Gasteiger partial charge in [-0.3, -0.25) is 4.79 Å². The van der Waals surface area contributed by atoms with Gasteiger partial charge in [-0.25, -0.2) is 4.68 Å². The van der Waals surface area contributed by atoms with Crippen molar-refractivity contribution in [2.75, 3.05) is 25.2 Å². The highest BCUT2D eigenvalue weighted by atomic mass is 16.7. The Morgan fingerprint density at radius 2 is 1.90 bits per heavy atom. The van der Waals surface area contributed by atoms with Gasteiger partial charge in [0.1, 0.15) is 5.82 Å². The number of carbonyl (C=O) groups is 1. The van der Waals surface area contributed by atoms with E-state index in [0.29, 0.717) is 36.2 Å². The van der Waals surface area contributed by atoms with Crippen LogP contribution in [-0.4, -0.2) is 45.8 Å². The monoisotopic (exact) mass is 408 g/mol. The van der Waals surface area contributed by atoms with Gasteiger partial charge in [-0.2, -0.15) is 5.10 Å². The van der Waals surface area contributed by atoms with E-state index < -0.39 is 0 Å². The van der Waals surface area contributed by atoms with Crippen LogP contribution in [0.5, 0.6) is 11.5 Å². The van der Waals surface area contributed by atoms with Gasteiger partial charge in [-0.05, 0) is 56.2 Å². The molecule has 4 rings (SSSR count). The molecule has 0 bridgehead atoms.